The van der Waals surface area contributed by atoms with Gasteiger partial charge >= 0.3 is 0 Å². The van der Waals surface area contributed by atoms with Gasteiger partial charge in [0.25, 0.3) is 0 Å². The second-order valence-electron chi connectivity index (χ2n) is 5.92. The Kier molecular flexibility index (Phi) is 5.43. The van der Waals surface area contributed by atoms with Crippen LogP contribution in [-0.2, 0) is 22.9 Å². The van der Waals surface area contributed by atoms with Crippen LogP contribution < -0.4 is 4.72 Å². The van der Waals surface area contributed by atoms with E-state index in [0.717, 1.165) is 5.56 Å². The number of aryl methyl sites for hydroxylation is 1. The van der Waals surface area contributed by atoms with Crippen molar-refractivity contribution in [3.8, 4) is 0 Å². The Morgan fingerprint density at radius 3 is 2.73 bits per heavy atom. The van der Waals surface area contributed by atoms with Crippen molar-refractivity contribution in [2.45, 2.75) is 24.7 Å². The molecule has 0 aliphatic carbocycles. The summed E-state index contributed by atoms with van der Waals surface area (Å²) in [4.78, 5) is 4.59. The summed E-state index contributed by atoms with van der Waals surface area (Å²) in [6, 6.07) is 13.1. The van der Waals surface area contributed by atoms with Crippen LogP contribution in [0.3, 0.4) is 0 Å². The first-order valence-electron chi connectivity index (χ1n) is 8.14. The average molecular weight is 374 g/mol. The Bertz CT molecular complexity index is 1000. The zero-order valence-electron chi connectivity index (χ0n) is 14.2. The normalized spacial score (nSPS) is 11.6. The van der Waals surface area contributed by atoms with Crippen LogP contribution in [0.1, 0.15) is 22.8 Å². The number of benzene rings is 2. The van der Waals surface area contributed by atoms with Gasteiger partial charge in [-0.15, -0.1) is 0 Å². The topological polar surface area (TPSA) is 87.7 Å². The summed E-state index contributed by atoms with van der Waals surface area (Å²) in [6.07, 6.45) is 0.782. The highest BCUT2D eigenvalue weighted by atomic mass is 32.2. The molecule has 0 aliphatic rings. The average Bonchev–Trinajstić information content (AvgIpc) is 3.02. The van der Waals surface area contributed by atoms with Crippen molar-refractivity contribution >= 4 is 10.0 Å². The number of aromatic amines is 1. The molecule has 0 saturated heterocycles. The van der Waals surface area contributed by atoms with Crippen LogP contribution in [0.4, 0.5) is 4.39 Å². The number of nitrogens with one attached hydrogen (secondary N) is 2. The molecule has 6 nitrogen and oxygen atoms in total. The van der Waals surface area contributed by atoms with Gasteiger partial charge in [0.2, 0.25) is 10.0 Å². The molecule has 0 bridgehead atoms. The first-order chi connectivity index (χ1) is 12.4. The SMILES string of the molecule is Cc1ccccc1S(=O)(=O)NCCc1n[nH]c(Cc2cccc(F)c2)n1. The van der Waals surface area contributed by atoms with E-state index in [0.29, 0.717) is 30.1 Å². The summed E-state index contributed by atoms with van der Waals surface area (Å²) in [5, 5.41) is 6.88. The molecule has 1 aromatic heterocycles. The fourth-order valence-electron chi connectivity index (χ4n) is 2.60. The Labute approximate surface area is 151 Å². The molecule has 26 heavy (non-hydrogen) atoms. The van der Waals surface area contributed by atoms with Gasteiger partial charge in [-0.05, 0) is 36.2 Å². The summed E-state index contributed by atoms with van der Waals surface area (Å²) in [7, 11) is -3.57. The van der Waals surface area contributed by atoms with Crippen LogP contribution in [0.2, 0.25) is 0 Å². The molecule has 3 aromatic rings. The Morgan fingerprint density at radius 2 is 1.96 bits per heavy atom. The molecular formula is C18H19FN4O2S. The molecule has 8 heteroatoms. The summed E-state index contributed by atoms with van der Waals surface area (Å²) < 4.78 is 40.4. The second-order valence-corrected chi connectivity index (χ2v) is 7.65. The highest BCUT2D eigenvalue weighted by Gasteiger charge is 2.16. The van der Waals surface area contributed by atoms with Gasteiger partial charge in [0.15, 0.2) is 5.82 Å². The lowest BCUT2D eigenvalue weighted by molar-refractivity contribution is 0.580. The van der Waals surface area contributed by atoms with Crippen molar-refractivity contribution in [3.63, 3.8) is 0 Å². The molecule has 1 heterocycles. The predicted octanol–water partition coefficient (Wildman–Crippen LogP) is 2.36. The van der Waals surface area contributed by atoms with Crippen molar-refractivity contribution in [2.75, 3.05) is 6.54 Å². The lowest BCUT2D eigenvalue weighted by Crippen LogP contribution is -2.26. The van der Waals surface area contributed by atoms with Crippen LogP contribution in [-0.4, -0.2) is 30.1 Å². The first kappa shape index (κ1) is 18.2. The highest BCUT2D eigenvalue weighted by molar-refractivity contribution is 7.89. The van der Waals surface area contributed by atoms with Gasteiger partial charge in [0, 0.05) is 19.4 Å². The summed E-state index contributed by atoms with van der Waals surface area (Å²) in [6.45, 7) is 1.94. The van der Waals surface area contributed by atoms with E-state index in [9.17, 15) is 12.8 Å². The van der Waals surface area contributed by atoms with E-state index < -0.39 is 10.0 Å². The molecule has 0 amide bonds. The molecule has 0 spiro atoms. The largest absolute Gasteiger partial charge is 0.263 e. The van der Waals surface area contributed by atoms with E-state index in [1.54, 1.807) is 37.3 Å². The predicted molar refractivity (Wildman–Crippen MR) is 95.7 cm³/mol. The molecule has 0 saturated carbocycles. The van der Waals surface area contributed by atoms with Crippen LogP contribution in [0, 0.1) is 12.7 Å². The van der Waals surface area contributed by atoms with Gasteiger partial charge in [0.1, 0.15) is 11.6 Å². The number of sulfonamides is 1. The molecule has 136 valence electrons. The number of hydrogen-bond donors (Lipinski definition) is 2. The summed E-state index contributed by atoms with van der Waals surface area (Å²) in [5.74, 6) is 0.809. The fraction of sp³-hybridized carbons (Fsp3) is 0.222. The third kappa shape index (κ3) is 4.53. The molecular weight excluding hydrogens is 355 g/mol. The maximum absolute atomic E-state index is 13.2. The van der Waals surface area contributed by atoms with Gasteiger partial charge in [0.05, 0.1) is 4.90 Å². The molecule has 2 aromatic carbocycles. The Hall–Kier alpha value is -2.58. The molecule has 0 radical (unpaired) electrons. The van der Waals surface area contributed by atoms with E-state index >= 15 is 0 Å². The number of nitrogens with zero attached hydrogens (tertiary/aromatic N) is 2. The molecule has 3 rings (SSSR count). The molecule has 2 N–H and O–H groups in total. The Balaban J connectivity index is 1.58. The minimum absolute atomic E-state index is 0.188. The van der Waals surface area contributed by atoms with E-state index in [-0.39, 0.29) is 17.3 Å². The van der Waals surface area contributed by atoms with Crippen molar-refractivity contribution in [2.24, 2.45) is 0 Å². The van der Waals surface area contributed by atoms with E-state index in [4.69, 9.17) is 0 Å². The lowest BCUT2D eigenvalue weighted by Gasteiger charge is -2.08. The molecule has 0 atom stereocenters. The summed E-state index contributed by atoms with van der Waals surface area (Å²) in [5.41, 5.74) is 1.48. The smallest absolute Gasteiger partial charge is 0.240 e. The van der Waals surface area contributed by atoms with Crippen molar-refractivity contribution < 1.29 is 12.8 Å². The van der Waals surface area contributed by atoms with Gasteiger partial charge in [-0.2, -0.15) is 5.10 Å². The standard InChI is InChI=1S/C18H19FN4O2S/c1-13-5-2-3-8-16(13)26(24,25)20-10-9-17-21-18(23-22-17)12-14-6-4-7-15(19)11-14/h2-8,11,20H,9-10,12H2,1H3,(H,21,22,23). The minimum atomic E-state index is -3.57. The highest BCUT2D eigenvalue weighted by Crippen LogP contribution is 2.13. The maximum Gasteiger partial charge on any atom is 0.240 e. The summed E-state index contributed by atoms with van der Waals surface area (Å²) >= 11 is 0. The number of aromatic nitrogens is 3. The number of hydrogen-bond acceptors (Lipinski definition) is 4. The molecule has 0 unspecified atom stereocenters. The maximum atomic E-state index is 13.2. The van der Waals surface area contributed by atoms with Crippen molar-refractivity contribution in [1.82, 2.24) is 19.9 Å². The number of H-pyrrole nitrogens is 1. The lowest BCUT2D eigenvalue weighted by atomic mass is 10.1. The fourth-order valence-corrected chi connectivity index (χ4v) is 3.87. The van der Waals surface area contributed by atoms with E-state index in [1.165, 1.54) is 12.1 Å². The van der Waals surface area contributed by atoms with Gasteiger partial charge in [-0.3, -0.25) is 5.10 Å². The van der Waals surface area contributed by atoms with Crippen LogP contribution >= 0.6 is 0 Å². The quantitative estimate of drug-likeness (QED) is 0.665. The first-order valence-corrected chi connectivity index (χ1v) is 9.62. The third-order valence-corrected chi connectivity index (χ3v) is 5.48. The zero-order valence-corrected chi connectivity index (χ0v) is 15.1. The van der Waals surface area contributed by atoms with Crippen molar-refractivity contribution in [1.29, 1.82) is 0 Å². The molecule has 0 fully saturated rings. The monoisotopic (exact) mass is 374 g/mol. The number of rotatable bonds is 7. The van der Waals surface area contributed by atoms with Gasteiger partial charge in [-0.1, -0.05) is 30.3 Å². The van der Waals surface area contributed by atoms with Crippen LogP contribution in [0.25, 0.3) is 0 Å². The van der Waals surface area contributed by atoms with E-state index in [1.807, 2.05) is 6.07 Å². The number of halogens is 1. The van der Waals surface area contributed by atoms with Crippen molar-refractivity contribution in [3.05, 3.63) is 77.1 Å². The van der Waals surface area contributed by atoms with Gasteiger partial charge in [-0.25, -0.2) is 22.5 Å². The zero-order chi connectivity index (χ0) is 18.6. The van der Waals surface area contributed by atoms with Crippen LogP contribution in [0.15, 0.2) is 53.4 Å². The Morgan fingerprint density at radius 1 is 1.15 bits per heavy atom. The second kappa shape index (κ2) is 7.76. The van der Waals surface area contributed by atoms with Gasteiger partial charge < -0.3 is 0 Å². The third-order valence-electron chi connectivity index (χ3n) is 3.86. The van der Waals surface area contributed by atoms with Crippen LogP contribution in [0.5, 0.6) is 0 Å². The van der Waals surface area contributed by atoms with E-state index in [2.05, 4.69) is 19.9 Å². The minimum Gasteiger partial charge on any atom is -0.263 e. The molecule has 0 aliphatic heterocycles.